The van der Waals surface area contributed by atoms with Crippen LogP contribution < -0.4 is 16.6 Å². The van der Waals surface area contributed by atoms with Crippen LogP contribution in [0.15, 0.2) is 52.1 Å². The van der Waals surface area contributed by atoms with Crippen molar-refractivity contribution in [1.82, 2.24) is 24.1 Å². The molecule has 0 radical (unpaired) electrons. The number of hydrogen-bond acceptors (Lipinski definition) is 4. The Morgan fingerprint density at radius 1 is 1.06 bits per heavy atom. The minimum absolute atomic E-state index is 0.0379. The first-order valence-corrected chi connectivity index (χ1v) is 11.0. The van der Waals surface area contributed by atoms with Crippen LogP contribution in [0.25, 0.3) is 16.7 Å². The molecule has 4 aromatic rings. The molecule has 0 fully saturated rings. The second kappa shape index (κ2) is 8.71. The zero-order valence-corrected chi connectivity index (χ0v) is 19.6. The second-order valence-corrected chi connectivity index (χ2v) is 8.90. The third-order valence-electron chi connectivity index (χ3n) is 5.51. The third kappa shape index (κ3) is 4.45. The van der Waals surface area contributed by atoms with Crippen LogP contribution in [0.5, 0.6) is 0 Å². The number of nitrogens with one attached hydrogen (secondary N) is 1. The van der Waals surface area contributed by atoms with E-state index in [4.69, 9.17) is 0 Å². The van der Waals surface area contributed by atoms with Crippen molar-refractivity contribution in [3.8, 4) is 0 Å². The Morgan fingerprint density at radius 3 is 2.40 bits per heavy atom. The summed E-state index contributed by atoms with van der Waals surface area (Å²) in [7, 11) is 0. The fraction of sp³-hybridized carbons (Fsp3) is 0.333. The number of carbonyl (C=O) groups excluding carboxylic acids is 1. The monoisotopic (exact) mass is 487 g/mol. The molecule has 0 bridgehead atoms. The first-order chi connectivity index (χ1) is 16.4. The molecule has 1 amide bonds. The van der Waals surface area contributed by atoms with Gasteiger partial charge in [0, 0.05) is 17.6 Å². The van der Waals surface area contributed by atoms with Gasteiger partial charge in [0.2, 0.25) is 5.78 Å². The van der Waals surface area contributed by atoms with E-state index >= 15 is 0 Å². The fourth-order valence-electron chi connectivity index (χ4n) is 3.96. The quantitative estimate of drug-likeness (QED) is 0.466. The maximum atomic E-state index is 13.4. The summed E-state index contributed by atoms with van der Waals surface area (Å²) < 4.78 is 43.0. The van der Waals surface area contributed by atoms with Crippen molar-refractivity contribution in [1.29, 1.82) is 0 Å². The summed E-state index contributed by atoms with van der Waals surface area (Å²) in [6.07, 6.45) is -4.53. The van der Waals surface area contributed by atoms with Gasteiger partial charge in [0.15, 0.2) is 0 Å². The van der Waals surface area contributed by atoms with E-state index in [2.05, 4.69) is 10.4 Å². The van der Waals surface area contributed by atoms with Gasteiger partial charge < -0.3 is 5.32 Å². The predicted molar refractivity (Wildman–Crippen MR) is 125 cm³/mol. The summed E-state index contributed by atoms with van der Waals surface area (Å²) in [5.74, 6) is -0.330. The Balaban J connectivity index is 1.95. The van der Waals surface area contributed by atoms with Gasteiger partial charge in [0.05, 0.1) is 23.0 Å². The van der Waals surface area contributed by atoms with Crippen LogP contribution in [0.2, 0.25) is 0 Å². The summed E-state index contributed by atoms with van der Waals surface area (Å²) in [4.78, 5) is 39.2. The van der Waals surface area contributed by atoms with E-state index in [1.165, 1.54) is 39.3 Å². The number of aromatic nitrogens is 4. The Kier molecular flexibility index (Phi) is 6.04. The molecule has 0 saturated carbocycles. The van der Waals surface area contributed by atoms with E-state index in [1.807, 2.05) is 0 Å². The molecular formula is C24H24F3N5O3. The van der Waals surface area contributed by atoms with Crippen LogP contribution in [0.3, 0.4) is 0 Å². The zero-order valence-electron chi connectivity index (χ0n) is 19.6. The Labute approximate surface area is 197 Å². The molecule has 0 saturated heterocycles. The minimum atomic E-state index is -4.53. The molecule has 4 rings (SSSR count). The van der Waals surface area contributed by atoms with Crippen LogP contribution >= 0.6 is 0 Å². The topological polar surface area (TPSA) is 90.4 Å². The van der Waals surface area contributed by atoms with E-state index in [-0.39, 0.29) is 52.3 Å². The lowest BCUT2D eigenvalue weighted by atomic mass is 10.1. The van der Waals surface area contributed by atoms with Crippen molar-refractivity contribution in [3.05, 3.63) is 80.0 Å². The maximum absolute atomic E-state index is 13.4. The minimum Gasteiger partial charge on any atom is -0.350 e. The van der Waals surface area contributed by atoms with Crippen LogP contribution in [-0.2, 0) is 12.7 Å². The van der Waals surface area contributed by atoms with Gasteiger partial charge in [-0.1, -0.05) is 12.1 Å². The van der Waals surface area contributed by atoms with E-state index in [1.54, 1.807) is 27.7 Å². The number of alkyl halides is 3. The molecule has 2 heterocycles. The predicted octanol–water partition coefficient (Wildman–Crippen LogP) is 3.60. The Hall–Kier alpha value is -3.89. The van der Waals surface area contributed by atoms with Crippen molar-refractivity contribution < 1.29 is 18.0 Å². The molecule has 0 aliphatic rings. The number of amides is 1. The summed E-state index contributed by atoms with van der Waals surface area (Å²) in [6.45, 7) is 6.90. The van der Waals surface area contributed by atoms with Gasteiger partial charge in [-0.05, 0) is 63.6 Å². The highest BCUT2D eigenvalue weighted by Gasteiger charge is 2.30. The van der Waals surface area contributed by atoms with Gasteiger partial charge in [-0.15, -0.1) is 5.10 Å². The smallest absolute Gasteiger partial charge is 0.350 e. The van der Waals surface area contributed by atoms with E-state index in [0.717, 1.165) is 16.8 Å². The van der Waals surface area contributed by atoms with Gasteiger partial charge in [-0.2, -0.15) is 13.2 Å². The average molecular weight is 487 g/mol. The molecule has 1 N–H and O–H groups in total. The lowest BCUT2D eigenvalue weighted by Gasteiger charge is -2.13. The number of hydrogen-bond donors (Lipinski definition) is 1. The first kappa shape index (κ1) is 24.2. The molecule has 0 unspecified atom stereocenters. The Bertz CT molecular complexity index is 1560. The molecule has 0 atom stereocenters. The summed E-state index contributed by atoms with van der Waals surface area (Å²) in [6, 6.07) is 8.60. The molecular weight excluding hydrogens is 463 g/mol. The van der Waals surface area contributed by atoms with E-state index in [9.17, 15) is 27.6 Å². The highest BCUT2D eigenvalue weighted by Crippen LogP contribution is 2.29. The van der Waals surface area contributed by atoms with Crippen molar-refractivity contribution in [2.75, 3.05) is 0 Å². The van der Waals surface area contributed by atoms with Crippen molar-refractivity contribution in [2.45, 2.75) is 52.5 Å². The van der Waals surface area contributed by atoms with Gasteiger partial charge in [0.1, 0.15) is 0 Å². The third-order valence-corrected chi connectivity index (χ3v) is 5.51. The standard InChI is InChI=1S/C24H24F3N5O3/c1-13(2)28-20(33)16-8-9-18-19(11-16)32-22(31(14(3)4)21(18)34)29-30(23(32)35)12-15-6-5-7-17(10-15)24(25,26)27/h5-11,13-14H,12H2,1-4H3,(H,28,33). The number of rotatable bonds is 5. The average Bonchev–Trinajstić information content (AvgIpc) is 3.08. The molecule has 184 valence electrons. The summed E-state index contributed by atoms with van der Waals surface area (Å²) in [5, 5.41) is 7.28. The van der Waals surface area contributed by atoms with Gasteiger partial charge in [-0.25, -0.2) is 13.9 Å². The van der Waals surface area contributed by atoms with Gasteiger partial charge in [0.25, 0.3) is 11.5 Å². The van der Waals surface area contributed by atoms with Gasteiger partial charge in [-0.3, -0.25) is 14.2 Å². The van der Waals surface area contributed by atoms with Crippen LogP contribution in [0.1, 0.15) is 55.2 Å². The summed E-state index contributed by atoms with van der Waals surface area (Å²) >= 11 is 0. The number of benzene rings is 2. The number of carbonyl (C=O) groups is 1. The van der Waals surface area contributed by atoms with Crippen molar-refractivity contribution >= 4 is 22.6 Å². The number of nitrogens with zero attached hydrogens (tertiary/aromatic N) is 4. The maximum Gasteiger partial charge on any atom is 0.416 e. The van der Waals surface area contributed by atoms with E-state index < -0.39 is 23.0 Å². The highest BCUT2D eigenvalue weighted by molar-refractivity contribution is 5.98. The van der Waals surface area contributed by atoms with Crippen LogP contribution in [0.4, 0.5) is 13.2 Å². The fourth-order valence-corrected chi connectivity index (χ4v) is 3.96. The molecule has 0 aliphatic heterocycles. The molecule has 0 spiro atoms. The molecule has 8 nitrogen and oxygen atoms in total. The molecule has 35 heavy (non-hydrogen) atoms. The SMILES string of the molecule is CC(C)NC(=O)c1ccc2c(=O)n(C(C)C)c3nn(Cc4cccc(C(F)(F)F)c4)c(=O)n3c2c1. The summed E-state index contributed by atoms with van der Waals surface area (Å²) in [5.41, 5.74) is -1.19. The highest BCUT2D eigenvalue weighted by atomic mass is 19.4. The number of halogens is 3. The molecule has 2 aromatic heterocycles. The molecule has 0 aliphatic carbocycles. The Morgan fingerprint density at radius 2 is 1.77 bits per heavy atom. The van der Waals surface area contributed by atoms with Crippen LogP contribution in [-0.4, -0.2) is 30.7 Å². The molecule has 11 heteroatoms. The van der Waals surface area contributed by atoms with Crippen molar-refractivity contribution in [3.63, 3.8) is 0 Å². The molecule has 2 aromatic carbocycles. The van der Waals surface area contributed by atoms with Crippen molar-refractivity contribution in [2.24, 2.45) is 0 Å². The second-order valence-electron chi connectivity index (χ2n) is 8.90. The lowest BCUT2D eigenvalue weighted by molar-refractivity contribution is -0.137. The zero-order chi connectivity index (χ0) is 25.7. The lowest BCUT2D eigenvalue weighted by Crippen LogP contribution is -2.31. The normalized spacial score (nSPS) is 12.3. The number of fused-ring (bicyclic) bond motifs is 3. The van der Waals surface area contributed by atoms with Crippen LogP contribution in [0, 0.1) is 0 Å². The van der Waals surface area contributed by atoms with Gasteiger partial charge >= 0.3 is 11.9 Å². The van der Waals surface area contributed by atoms with E-state index in [0.29, 0.717) is 0 Å². The largest absolute Gasteiger partial charge is 0.416 e. The first-order valence-electron chi connectivity index (χ1n) is 11.0.